The smallest absolute Gasteiger partial charge is 0.315 e. The Hall–Kier alpha value is -2.11. The molecule has 1 heterocycles. The average Bonchev–Trinajstić information content (AvgIpc) is 2.80. The molecule has 6 heteroatoms. The van der Waals surface area contributed by atoms with Crippen LogP contribution in [0.25, 0.3) is 0 Å². The van der Waals surface area contributed by atoms with Gasteiger partial charge in [0.1, 0.15) is 5.82 Å². The summed E-state index contributed by atoms with van der Waals surface area (Å²) in [7, 11) is 0. The van der Waals surface area contributed by atoms with E-state index < -0.39 is 0 Å². The van der Waals surface area contributed by atoms with Crippen LogP contribution in [-0.2, 0) is 4.79 Å². The first-order valence-corrected chi connectivity index (χ1v) is 7.20. The van der Waals surface area contributed by atoms with E-state index in [4.69, 9.17) is 0 Å². The summed E-state index contributed by atoms with van der Waals surface area (Å²) in [4.78, 5) is 25.1. The van der Waals surface area contributed by atoms with Crippen molar-refractivity contribution in [3.05, 3.63) is 30.1 Å². The SMILES string of the molecule is CCCCNC(=O)NC1CC(=O)N(c2cccc(F)c2)C1. The number of hydrogen-bond donors (Lipinski definition) is 2. The fraction of sp³-hybridized carbons (Fsp3) is 0.467. The Labute approximate surface area is 123 Å². The lowest BCUT2D eigenvalue weighted by atomic mass is 10.2. The van der Waals surface area contributed by atoms with E-state index >= 15 is 0 Å². The number of nitrogens with one attached hydrogen (secondary N) is 2. The van der Waals surface area contributed by atoms with Gasteiger partial charge in [0, 0.05) is 25.2 Å². The summed E-state index contributed by atoms with van der Waals surface area (Å²) in [6.07, 6.45) is 2.17. The topological polar surface area (TPSA) is 61.4 Å². The third-order valence-electron chi connectivity index (χ3n) is 3.40. The Balaban J connectivity index is 1.89. The largest absolute Gasteiger partial charge is 0.338 e. The highest BCUT2D eigenvalue weighted by Crippen LogP contribution is 2.22. The lowest BCUT2D eigenvalue weighted by Gasteiger charge is -2.17. The van der Waals surface area contributed by atoms with Gasteiger partial charge >= 0.3 is 6.03 Å². The maximum Gasteiger partial charge on any atom is 0.315 e. The Kier molecular flexibility index (Phi) is 5.14. The van der Waals surface area contributed by atoms with E-state index in [1.54, 1.807) is 12.1 Å². The number of nitrogens with zero attached hydrogens (tertiary/aromatic N) is 1. The molecular weight excluding hydrogens is 273 g/mol. The van der Waals surface area contributed by atoms with Gasteiger partial charge in [0.05, 0.1) is 6.04 Å². The van der Waals surface area contributed by atoms with E-state index in [1.165, 1.54) is 17.0 Å². The van der Waals surface area contributed by atoms with Gasteiger partial charge in [-0.1, -0.05) is 19.4 Å². The summed E-state index contributed by atoms with van der Waals surface area (Å²) in [5, 5.41) is 5.53. The van der Waals surface area contributed by atoms with Crippen LogP contribution in [0.15, 0.2) is 24.3 Å². The molecule has 0 radical (unpaired) electrons. The van der Waals surface area contributed by atoms with Gasteiger partial charge in [-0.15, -0.1) is 0 Å². The summed E-state index contributed by atoms with van der Waals surface area (Å²) in [6, 6.07) is 5.40. The third-order valence-corrected chi connectivity index (χ3v) is 3.40. The molecule has 1 unspecified atom stereocenters. The second kappa shape index (κ2) is 7.06. The molecule has 21 heavy (non-hydrogen) atoms. The number of halogens is 1. The Bertz CT molecular complexity index is 521. The van der Waals surface area contributed by atoms with Crippen molar-refractivity contribution in [2.75, 3.05) is 18.0 Å². The molecule has 2 rings (SSSR count). The number of urea groups is 1. The second-order valence-corrected chi connectivity index (χ2v) is 5.14. The van der Waals surface area contributed by atoms with Crippen molar-refractivity contribution in [3.63, 3.8) is 0 Å². The molecule has 1 aromatic rings. The number of carbonyl (C=O) groups excluding carboxylic acids is 2. The maximum absolute atomic E-state index is 13.2. The maximum atomic E-state index is 13.2. The number of amides is 3. The van der Waals surface area contributed by atoms with Crippen molar-refractivity contribution < 1.29 is 14.0 Å². The van der Waals surface area contributed by atoms with E-state index in [-0.39, 0.29) is 30.2 Å². The van der Waals surface area contributed by atoms with Crippen molar-refractivity contribution in [2.45, 2.75) is 32.2 Å². The summed E-state index contributed by atoms with van der Waals surface area (Å²) in [6.45, 7) is 3.03. The molecule has 0 spiro atoms. The first-order valence-electron chi connectivity index (χ1n) is 7.20. The number of anilines is 1. The van der Waals surface area contributed by atoms with Crippen molar-refractivity contribution in [3.8, 4) is 0 Å². The molecule has 5 nitrogen and oxygen atoms in total. The predicted octanol–water partition coefficient (Wildman–Crippen LogP) is 2.03. The van der Waals surface area contributed by atoms with Gasteiger partial charge in [-0.3, -0.25) is 4.79 Å². The van der Waals surface area contributed by atoms with Gasteiger partial charge in [0.25, 0.3) is 0 Å². The van der Waals surface area contributed by atoms with Gasteiger partial charge in [0.15, 0.2) is 0 Å². The van der Waals surface area contributed by atoms with Gasteiger partial charge in [-0.25, -0.2) is 9.18 Å². The summed E-state index contributed by atoms with van der Waals surface area (Å²) in [5.41, 5.74) is 0.524. The minimum atomic E-state index is -0.381. The first kappa shape index (κ1) is 15.3. The zero-order valence-corrected chi connectivity index (χ0v) is 12.1. The van der Waals surface area contributed by atoms with Crippen LogP contribution < -0.4 is 15.5 Å². The van der Waals surface area contributed by atoms with E-state index in [2.05, 4.69) is 10.6 Å². The molecule has 1 aromatic carbocycles. The molecule has 0 saturated carbocycles. The van der Waals surface area contributed by atoms with Crippen molar-refractivity contribution >= 4 is 17.6 Å². The Morgan fingerprint density at radius 2 is 2.29 bits per heavy atom. The molecular formula is C15H20FN3O2. The molecule has 0 aliphatic carbocycles. The Morgan fingerprint density at radius 3 is 3.00 bits per heavy atom. The molecule has 114 valence electrons. The highest BCUT2D eigenvalue weighted by molar-refractivity contribution is 5.96. The van der Waals surface area contributed by atoms with Crippen LogP contribution in [0.2, 0.25) is 0 Å². The summed E-state index contributed by atoms with van der Waals surface area (Å²) >= 11 is 0. The molecule has 1 fully saturated rings. The molecule has 2 N–H and O–H groups in total. The average molecular weight is 293 g/mol. The molecule has 0 bridgehead atoms. The molecule has 0 aromatic heterocycles. The van der Waals surface area contributed by atoms with E-state index in [9.17, 15) is 14.0 Å². The van der Waals surface area contributed by atoms with Crippen LogP contribution in [0.3, 0.4) is 0 Å². The first-order chi connectivity index (χ1) is 10.1. The van der Waals surface area contributed by atoms with Crippen molar-refractivity contribution in [2.24, 2.45) is 0 Å². The van der Waals surface area contributed by atoms with Gasteiger partial charge in [0.2, 0.25) is 5.91 Å². The lowest BCUT2D eigenvalue weighted by molar-refractivity contribution is -0.117. The molecule has 1 aliphatic heterocycles. The van der Waals surface area contributed by atoms with Gasteiger partial charge in [-0.05, 0) is 24.6 Å². The molecule has 1 aliphatic rings. The van der Waals surface area contributed by atoms with Crippen molar-refractivity contribution in [1.82, 2.24) is 10.6 Å². The van der Waals surface area contributed by atoms with E-state index in [1.807, 2.05) is 6.92 Å². The standard InChI is InChI=1S/C15H20FN3O2/c1-2-3-7-17-15(21)18-12-9-14(20)19(10-12)13-6-4-5-11(16)8-13/h4-6,8,12H,2-3,7,9-10H2,1H3,(H2,17,18,21). The van der Waals surface area contributed by atoms with E-state index in [0.29, 0.717) is 18.8 Å². The number of unbranched alkanes of at least 4 members (excludes halogenated alkanes) is 1. The van der Waals surface area contributed by atoms with E-state index in [0.717, 1.165) is 12.8 Å². The quantitative estimate of drug-likeness (QED) is 0.816. The van der Waals surface area contributed by atoms with Crippen LogP contribution in [-0.4, -0.2) is 31.1 Å². The van der Waals surface area contributed by atoms with Crippen LogP contribution in [0.5, 0.6) is 0 Å². The highest BCUT2D eigenvalue weighted by Gasteiger charge is 2.31. The minimum absolute atomic E-state index is 0.112. The predicted molar refractivity (Wildman–Crippen MR) is 78.6 cm³/mol. The third kappa shape index (κ3) is 4.18. The summed E-state index contributed by atoms with van der Waals surface area (Å²) < 4.78 is 13.2. The van der Waals surface area contributed by atoms with Crippen LogP contribution in [0.1, 0.15) is 26.2 Å². The second-order valence-electron chi connectivity index (χ2n) is 5.14. The lowest BCUT2D eigenvalue weighted by Crippen LogP contribution is -2.43. The zero-order chi connectivity index (χ0) is 15.2. The number of hydrogen-bond acceptors (Lipinski definition) is 2. The fourth-order valence-electron chi connectivity index (χ4n) is 2.31. The van der Waals surface area contributed by atoms with Crippen LogP contribution >= 0.6 is 0 Å². The number of benzene rings is 1. The van der Waals surface area contributed by atoms with Crippen LogP contribution in [0.4, 0.5) is 14.9 Å². The van der Waals surface area contributed by atoms with Crippen molar-refractivity contribution in [1.29, 1.82) is 0 Å². The zero-order valence-electron chi connectivity index (χ0n) is 12.1. The minimum Gasteiger partial charge on any atom is -0.338 e. The monoisotopic (exact) mass is 293 g/mol. The molecule has 1 saturated heterocycles. The fourth-order valence-corrected chi connectivity index (χ4v) is 2.31. The normalized spacial score (nSPS) is 17.9. The highest BCUT2D eigenvalue weighted by atomic mass is 19.1. The van der Waals surface area contributed by atoms with Gasteiger partial charge in [-0.2, -0.15) is 0 Å². The summed E-state index contributed by atoms with van der Waals surface area (Å²) in [5.74, 6) is -0.492. The molecule has 1 atom stereocenters. The number of rotatable bonds is 5. The Morgan fingerprint density at radius 1 is 1.48 bits per heavy atom. The van der Waals surface area contributed by atoms with Gasteiger partial charge < -0.3 is 15.5 Å². The molecule has 3 amide bonds. The number of carbonyl (C=O) groups is 2. The van der Waals surface area contributed by atoms with Crippen LogP contribution in [0, 0.1) is 5.82 Å².